The van der Waals surface area contributed by atoms with Crippen molar-refractivity contribution in [1.82, 2.24) is 0 Å². The SMILES string of the molecule is CC(C)C(C)(O)COc1ccc(C=O)cc1F. The third kappa shape index (κ3) is 3.53. The maximum Gasteiger partial charge on any atom is 0.165 e. The van der Waals surface area contributed by atoms with E-state index in [-0.39, 0.29) is 23.8 Å². The molecule has 1 atom stereocenters. The summed E-state index contributed by atoms with van der Waals surface area (Å²) < 4.78 is 18.7. The first-order valence-electron chi connectivity index (χ1n) is 5.46. The molecule has 1 aromatic carbocycles. The van der Waals surface area contributed by atoms with E-state index in [2.05, 4.69) is 0 Å². The lowest BCUT2D eigenvalue weighted by Crippen LogP contribution is -2.37. The van der Waals surface area contributed by atoms with E-state index in [9.17, 15) is 14.3 Å². The van der Waals surface area contributed by atoms with Crippen molar-refractivity contribution in [3.8, 4) is 5.75 Å². The Labute approximate surface area is 100 Å². The minimum absolute atomic E-state index is 0.000176. The molecule has 0 aliphatic heterocycles. The van der Waals surface area contributed by atoms with Crippen molar-refractivity contribution >= 4 is 6.29 Å². The maximum atomic E-state index is 13.4. The van der Waals surface area contributed by atoms with Gasteiger partial charge >= 0.3 is 0 Å². The summed E-state index contributed by atoms with van der Waals surface area (Å²) >= 11 is 0. The monoisotopic (exact) mass is 240 g/mol. The Hall–Kier alpha value is -1.42. The average Bonchev–Trinajstić information content (AvgIpc) is 2.27. The molecule has 0 aliphatic carbocycles. The second kappa shape index (κ2) is 5.27. The van der Waals surface area contributed by atoms with Crippen molar-refractivity contribution in [1.29, 1.82) is 0 Å². The van der Waals surface area contributed by atoms with Crippen molar-refractivity contribution in [2.45, 2.75) is 26.4 Å². The van der Waals surface area contributed by atoms with Gasteiger partial charge in [-0.15, -0.1) is 0 Å². The number of benzene rings is 1. The van der Waals surface area contributed by atoms with Crippen molar-refractivity contribution in [3.05, 3.63) is 29.6 Å². The Bertz CT molecular complexity index is 400. The Morgan fingerprint density at radius 1 is 1.53 bits per heavy atom. The molecule has 1 N–H and O–H groups in total. The number of hydrogen-bond donors (Lipinski definition) is 1. The van der Waals surface area contributed by atoms with Crippen LogP contribution in [0.2, 0.25) is 0 Å². The van der Waals surface area contributed by atoms with Gasteiger partial charge in [0.2, 0.25) is 0 Å². The fourth-order valence-electron chi connectivity index (χ4n) is 1.10. The van der Waals surface area contributed by atoms with Crippen LogP contribution in [-0.4, -0.2) is 23.6 Å². The van der Waals surface area contributed by atoms with Crippen LogP contribution < -0.4 is 4.74 Å². The Morgan fingerprint density at radius 2 is 2.18 bits per heavy atom. The third-order valence-corrected chi connectivity index (χ3v) is 2.86. The second-order valence-electron chi connectivity index (χ2n) is 4.61. The van der Waals surface area contributed by atoms with Crippen LogP contribution in [0.15, 0.2) is 18.2 Å². The van der Waals surface area contributed by atoms with Crippen molar-refractivity contribution in [3.63, 3.8) is 0 Å². The predicted octanol–water partition coefficient (Wildman–Crippen LogP) is 2.42. The van der Waals surface area contributed by atoms with E-state index in [0.717, 1.165) is 6.07 Å². The molecule has 0 bridgehead atoms. The predicted molar refractivity (Wildman–Crippen MR) is 62.7 cm³/mol. The maximum absolute atomic E-state index is 13.4. The molecule has 0 saturated heterocycles. The first kappa shape index (κ1) is 13.6. The molecule has 0 radical (unpaired) electrons. The summed E-state index contributed by atoms with van der Waals surface area (Å²) in [6.45, 7) is 5.35. The highest BCUT2D eigenvalue weighted by molar-refractivity contribution is 5.74. The fourth-order valence-corrected chi connectivity index (χ4v) is 1.10. The van der Waals surface area contributed by atoms with Gasteiger partial charge in [0.15, 0.2) is 11.6 Å². The van der Waals surface area contributed by atoms with Gasteiger partial charge in [-0.25, -0.2) is 4.39 Å². The molecule has 1 rings (SSSR count). The molecule has 17 heavy (non-hydrogen) atoms. The van der Waals surface area contributed by atoms with Crippen LogP contribution in [-0.2, 0) is 0 Å². The molecule has 0 aliphatic rings. The highest BCUT2D eigenvalue weighted by Crippen LogP contribution is 2.22. The zero-order chi connectivity index (χ0) is 13.1. The van der Waals surface area contributed by atoms with Crippen LogP contribution in [0.25, 0.3) is 0 Å². The van der Waals surface area contributed by atoms with E-state index in [0.29, 0.717) is 6.29 Å². The largest absolute Gasteiger partial charge is 0.488 e. The van der Waals surface area contributed by atoms with Gasteiger partial charge in [-0.05, 0) is 31.0 Å². The molecular weight excluding hydrogens is 223 g/mol. The van der Waals surface area contributed by atoms with Crippen molar-refractivity contribution in [2.75, 3.05) is 6.61 Å². The molecule has 0 heterocycles. The number of carbonyl (C=O) groups excluding carboxylic acids is 1. The molecule has 94 valence electrons. The number of halogens is 1. The third-order valence-electron chi connectivity index (χ3n) is 2.86. The van der Waals surface area contributed by atoms with E-state index < -0.39 is 11.4 Å². The van der Waals surface area contributed by atoms with Crippen molar-refractivity contribution < 1.29 is 19.0 Å². The molecule has 4 heteroatoms. The summed E-state index contributed by atoms with van der Waals surface area (Å²) in [6.07, 6.45) is 0.567. The van der Waals surface area contributed by atoms with E-state index in [1.165, 1.54) is 12.1 Å². The van der Waals surface area contributed by atoms with Gasteiger partial charge in [0.1, 0.15) is 12.9 Å². The van der Waals surface area contributed by atoms with Crippen LogP contribution in [0, 0.1) is 11.7 Å². The highest BCUT2D eigenvalue weighted by Gasteiger charge is 2.26. The molecule has 1 unspecified atom stereocenters. The standard InChI is InChI=1S/C13H17FO3/c1-9(2)13(3,16)8-17-12-5-4-10(7-15)6-11(12)14/h4-7,9,16H,8H2,1-3H3. The zero-order valence-corrected chi connectivity index (χ0v) is 10.2. The molecule has 1 aromatic rings. The second-order valence-corrected chi connectivity index (χ2v) is 4.61. The summed E-state index contributed by atoms with van der Waals surface area (Å²) in [6, 6.07) is 3.96. The van der Waals surface area contributed by atoms with Gasteiger partial charge in [0, 0.05) is 5.56 Å². The Morgan fingerprint density at radius 3 is 2.65 bits per heavy atom. The van der Waals surface area contributed by atoms with E-state index in [4.69, 9.17) is 4.74 Å². The summed E-state index contributed by atoms with van der Waals surface area (Å²) in [5, 5.41) is 9.94. The Balaban J connectivity index is 2.73. The lowest BCUT2D eigenvalue weighted by atomic mass is 9.94. The van der Waals surface area contributed by atoms with Gasteiger partial charge in [0.05, 0.1) is 5.60 Å². The fraction of sp³-hybridized carbons (Fsp3) is 0.462. The number of ether oxygens (including phenoxy) is 1. The lowest BCUT2D eigenvalue weighted by Gasteiger charge is -2.27. The van der Waals surface area contributed by atoms with Crippen molar-refractivity contribution in [2.24, 2.45) is 5.92 Å². The number of carbonyl (C=O) groups is 1. The molecule has 0 fully saturated rings. The summed E-state index contributed by atoms with van der Waals surface area (Å²) in [4.78, 5) is 10.4. The number of hydrogen-bond acceptors (Lipinski definition) is 3. The minimum atomic E-state index is -1.02. The molecule has 0 spiro atoms. The van der Waals surface area contributed by atoms with Gasteiger partial charge in [-0.2, -0.15) is 0 Å². The van der Waals surface area contributed by atoms with Crippen LogP contribution in [0.3, 0.4) is 0 Å². The van der Waals surface area contributed by atoms with Gasteiger partial charge in [0.25, 0.3) is 0 Å². The normalized spacial score (nSPS) is 14.5. The van der Waals surface area contributed by atoms with Crippen LogP contribution in [0.1, 0.15) is 31.1 Å². The number of aldehydes is 1. The first-order valence-corrected chi connectivity index (χ1v) is 5.46. The number of rotatable bonds is 5. The quantitative estimate of drug-likeness (QED) is 0.804. The molecule has 0 aromatic heterocycles. The topological polar surface area (TPSA) is 46.5 Å². The molecule has 0 amide bonds. The lowest BCUT2D eigenvalue weighted by molar-refractivity contribution is -0.0275. The molecule has 0 saturated carbocycles. The van der Waals surface area contributed by atoms with Gasteiger partial charge in [-0.3, -0.25) is 4.79 Å². The van der Waals surface area contributed by atoms with E-state index in [1.54, 1.807) is 6.92 Å². The van der Waals surface area contributed by atoms with Gasteiger partial charge in [-0.1, -0.05) is 13.8 Å². The smallest absolute Gasteiger partial charge is 0.165 e. The Kier molecular flexibility index (Phi) is 4.23. The summed E-state index contributed by atoms with van der Waals surface area (Å²) in [5.74, 6) is -0.564. The first-order chi connectivity index (χ1) is 7.86. The molecule has 3 nitrogen and oxygen atoms in total. The number of aliphatic hydroxyl groups is 1. The zero-order valence-electron chi connectivity index (χ0n) is 10.2. The van der Waals surface area contributed by atoms with Crippen LogP contribution in [0.4, 0.5) is 4.39 Å². The highest BCUT2D eigenvalue weighted by atomic mass is 19.1. The summed E-state index contributed by atoms with van der Waals surface area (Å²) in [7, 11) is 0. The average molecular weight is 240 g/mol. The minimum Gasteiger partial charge on any atom is -0.488 e. The van der Waals surface area contributed by atoms with Crippen LogP contribution in [0.5, 0.6) is 5.75 Å². The molecular formula is C13H17FO3. The van der Waals surface area contributed by atoms with Crippen LogP contribution >= 0.6 is 0 Å². The summed E-state index contributed by atoms with van der Waals surface area (Å²) in [5.41, 5.74) is -0.763. The van der Waals surface area contributed by atoms with Gasteiger partial charge < -0.3 is 9.84 Å². The van der Waals surface area contributed by atoms with E-state index >= 15 is 0 Å². The van der Waals surface area contributed by atoms with E-state index in [1.807, 2.05) is 13.8 Å².